The van der Waals surface area contributed by atoms with E-state index >= 15 is 0 Å². The molecular weight excluding hydrogens is 366 g/mol. The smallest absolute Gasteiger partial charge is 0.225 e. The first-order chi connectivity index (χ1) is 14.2. The molecule has 1 aromatic carbocycles. The van der Waals surface area contributed by atoms with Gasteiger partial charge in [0, 0.05) is 32.0 Å². The van der Waals surface area contributed by atoms with E-state index in [1.54, 1.807) is 12.4 Å². The third-order valence-corrected chi connectivity index (χ3v) is 5.17. The Labute approximate surface area is 170 Å². The minimum absolute atomic E-state index is 0.0380. The Hall–Kier alpha value is -3.22. The number of anilines is 1. The molecule has 7 nitrogen and oxygen atoms in total. The molecule has 4 rings (SSSR count). The summed E-state index contributed by atoms with van der Waals surface area (Å²) in [5, 5.41) is 3.08. The summed E-state index contributed by atoms with van der Waals surface area (Å²) < 4.78 is 5.46. The predicted octanol–water partition coefficient (Wildman–Crippen LogP) is 2.96. The minimum Gasteiger partial charge on any atom is -0.494 e. The zero-order valence-corrected chi connectivity index (χ0v) is 16.5. The van der Waals surface area contributed by atoms with Crippen LogP contribution >= 0.6 is 0 Å². The van der Waals surface area contributed by atoms with Gasteiger partial charge in [-0.15, -0.1) is 0 Å². The molecule has 1 atom stereocenters. The van der Waals surface area contributed by atoms with E-state index < -0.39 is 0 Å². The van der Waals surface area contributed by atoms with E-state index in [9.17, 15) is 4.79 Å². The number of carbonyl (C=O) groups is 1. The molecule has 3 aromatic rings. The van der Waals surface area contributed by atoms with E-state index in [0.29, 0.717) is 25.3 Å². The number of piperidine rings is 1. The summed E-state index contributed by atoms with van der Waals surface area (Å²) in [7, 11) is 0. The fourth-order valence-electron chi connectivity index (χ4n) is 3.65. The molecule has 29 heavy (non-hydrogen) atoms. The average Bonchev–Trinajstić information content (AvgIpc) is 2.78. The molecule has 0 aliphatic carbocycles. The molecule has 0 bridgehead atoms. The lowest BCUT2D eigenvalue weighted by Crippen LogP contribution is -2.43. The van der Waals surface area contributed by atoms with Gasteiger partial charge in [-0.1, -0.05) is 12.1 Å². The van der Waals surface area contributed by atoms with Gasteiger partial charge >= 0.3 is 0 Å². The average molecular weight is 391 g/mol. The molecule has 1 amide bonds. The maximum Gasteiger partial charge on any atom is 0.225 e. The molecule has 0 unspecified atom stereocenters. The fraction of sp³-hybridized carbons (Fsp3) is 0.364. The highest BCUT2D eigenvalue weighted by Gasteiger charge is 2.26. The maximum atomic E-state index is 12.7. The number of carbonyl (C=O) groups excluding carboxylic acids is 1. The molecule has 3 heterocycles. The zero-order chi connectivity index (χ0) is 20.1. The molecule has 0 spiro atoms. The van der Waals surface area contributed by atoms with Crippen LogP contribution in [0.4, 0.5) is 5.69 Å². The molecule has 7 heteroatoms. The predicted molar refractivity (Wildman–Crippen MR) is 112 cm³/mol. The number of nitrogens with zero attached hydrogens (tertiary/aromatic N) is 4. The van der Waals surface area contributed by atoms with Crippen LogP contribution in [0.15, 0.2) is 48.9 Å². The lowest BCUT2D eigenvalue weighted by Gasteiger charge is -2.33. The monoisotopic (exact) mass is 391 g/mol. The molecule has 150 valence electrons. The Morgan fingerprint density at radius 1 is 1.21 bits per heavy atom. The van der Waals surface area contributed by atoms with Crippen molar-refractivity contribution >= 4 is 22.8 Å². The van der Waals surface area contributed by atoms with Gasteiger partial charge in [0.25, 0.3) is 0 Å². The standard InChI is InChI=1S/C22H25N5O2/c1-2-29-19-7-5-16(6-8-19)13-26-22(28)17-4-3-11-27(15-17)18-12-20-21(25-14-18)24-10-9-23-20/h5-10,12,14,17H,2-4,11,13,15H2,1H3,(H,26,28)/t17-/m0/s1. The van der Waals surface area contributed by atoms with Crippen LogP contribution in [0.3, 0.4) is 0 Å². The van der Waals surface area contributed by atoms with E-state index in [4.69, 9.17) is 4.74 Å². The topological polar surface area (TPSA) is 80.2 Å². The van der Waals surface area contributed by atoms with Gasteiger partial charge < -0.3 is 15.0 Å². The highest BCUT2D eigenvalue weighted by molar-refractivity contribution is 5.80. The number of pyridine rings is 1. The van der Waals surface area contributed by atoms with Crippen LogP contribution in [-0.4, -0.2) is 40.6 Å². The number of hydrogen-bond donors (Lipinski definition) is 1. The third kappa shape index (κ3) is 4.62. The Kier molecular flexibility index (Phi) is 5.84. The van der Waals surface area contributed by atoms with Crippen molar-refractivity contribution in [3.63, 3.8) is 0 Å². The van der Waals surface area contributed by atoms with Crippen molar-refractivity contribution in [3.8, 4) is 5.75 Å². The van der Waals surface area contributed by atoms with Gasteiger partial charge in [0.15, 0.2) is 5.65 Å². The lowest BCUT2D eigenvalue weighted by molar-refractivity contribution is -0.125. The van der Waals surface area contributed by atoms with E-state index in [0.717, 1.165) is 41.9 Å². The van der Waals surface area contributed by atoms with Crippen molar-refractivity contribution in [2.75, 3.05) is 24.6 Å². The number of benzene rings is 1. The SMILES string of the molecule is CCOc1ccc(CNC(=O)[C@H]2CCCN(c3cnc4nccnc4c3)C2)cc1. The van der Waals surface area contributed by atoms with Gasteiger partial charge in [0.2, 0.25) is 5.91 Å². The summed E-state index contributed by atoms with van der Waals surface area (Å²) in [6, 6.07) is 9.84. The summed E-state index contributed by atoms with van der Waals surface area (Å²) >= 11 is 0. The molecule has 1 N–H and O–H groups in total. The van der Waals surface area contributed by atoms with Crippen molar-refractivity contribution in [1.82, 2.24) is 20.3 Å². The molecule has 0 saturated carbocycles. The number of nitrogens with one attached hydrogen (secondary N) is 1. The van der Waals surface area contributed by atoms with Gasteiger partial charge in [-0.2, -0.15) is 0 Å². The van der Waals surface area contributed by atoms with Crippen molar-refractivity contribution in [3.05, 3.63) is 54.5 Å². The van der Waals surface area contributed by atoms with Crippen LogP contribution in [0.1, 0.15) is 25.3 Å². The number of ether oxygens (including phenoxy) is 1. The van der Waals surface area contributed by atoms with Crippen molar-refractivity contribution in [2.24, 2.45) is 5.92 Å². The quantitative estimate of drug-likeness (QED) is 0.696. The summed E-state index contributed by atoms with van der Waals surface area (Å²) in [4.78, 5) is 27.9. The first-order valence-corrected chi connectivity index (χ1v) is 10.0. The number of amides is 1. The largest absolute Gasteiger partial charge is 0.494 e. The summed E-state index contributed by atoms with van der Waals surface area (Å²) in [6.45, 7) is 4.73. The Bertz CT molecular complexity index is 976. The molecule has 1 aliphatic heterocycles. The fourth-order valence-corrected chi connectivity index (χ4v) is 3.65. The Balaban J connectivity index is 1.36. The van der Waals surface area contributed by atoms with Gasteiger partial charge in [-0.25, -0.2) is 9.97 Å². The van der Waals surface area contributed by atoms with Crippen LogP contribution in [-0.2, 0) is 11.3 Å². The van der Waals surface area contributed by atoms with Crippen LogP contribution in [0.2, 0.25) is 0 Å². The molecule has 1 aliphatic rings. The van der Waals surface area contributed by atoms with Crippen molar-refractivity contribution in [1.29, 1.82) is 0 Å². The normalized spacial score (nSPS) is 16.6. The van der Waals surface area contributed by atoms with E-state index in [1.165, 1.54) is 0 Å². The minimum atomic E-state index is -0.0380. The second-order valence-corrected chi connectivity index (χ2v) is 7.17. The first kappa shape index (κ1) is 19.1. The Morgan fingerprint density at radius 2 is 2.03 bits per heavy atom. The zero-order valence-electron chi connectivity index (χ0n) is 16.5. The number of hydrogen-bond acceptors (Lipinski definition) is 6. The lowest BCUT2D eigenvalue weighted by atomic mass is 9.96. The Morgan fingerprint density at radius 3 is 2.86 bits per heavy atom. The second kappa shape index (κ2) is 8.86. The number of aromatic nitrogens is 3. The summed E-state index contributed by atoms with van der Waals surface area (Å²) in [5.41, 5.74) is 3.46. The first-order valence-electron chi connectivity index (χ1n) is 10.0. The van der Waals surface area contributed by atoms with E-state index in [-0.39, 0.29) is 11.8 Å². The number of rotatable bonds is 6. The van der Waals surface area contributed by atoms with Gasteiger partial charge in [0.05, 0.1) is 24.4 Å². The van der Waals surface area contributed by atoms with E-state index in [2.05, 4.69) is 25.2 Å². The van der Waals surface area contributed by atoms with Crippen LogP contribution in [0, 0.1) is 5.92 Å². The highest BCUT2D eigenvalue weighted by atomic mass is 16.5. The van der Waals surface area contributed by atoms with Crippen molar-refractivity contribution < 1.29 is 9.53 Å². The second-order valence-electron chi connectivity index (χ2n) is 7.17. The number of fused-ring (bicyclic) bond motifs is 1. The maximum absolute atomic E-state index is 12.7. The molecular formula is C22H25N5O2. The van der Waals surface area contributed by atoms with E-state index in [1.807, 2.05) is 43.5 Å². The molecule has 0 radical (unpaired) electrons. The van der Waals surface area contributed by atoms with Gasteiger partial charge in [-0.3, -0.25) is 9.78 Å². The van der Waals surface area contributed by atoms with Crippen LogP contribution < -0.4 is 15.0 Å². The van der Waals surface area contributed by atoms with Crippen molar-refractivity contribution in [2.45, 2.75) is 26.3 Å². The molecule has 1 fully saturated rings. The van der Waals surface area contributed by atoms with Gasteiger partial charge in [-0.05, 0) is 43.5 Å². The summed E-state index contributed by atoms with van der Waals surface area (Å²) in [5.74, 6) is 0.903. The third-order valence-electron chi connectivity index (χ3n) is 5.17. The summed E-state index contributed by atoms with van der Waals surface area (Å²) in [6.07, 6.45) is 6.99. The molecule has 2 aromatic heterocycles. The van der Waals surface area contributed by atoms with Crippen LogP contribution in [0.25, 0.3) is 11.2 Å². The van der Waals surface area contributed by atoms with Gasteiger partial charge in [0.1, 0.15) is 11.3 Å². The molecule has 1 saturated heterocycles. The van der Waals surface area contributed by atoms with Crippen LogP contribution in [0.5, 0.6) is 5.75 Å². The highest BCUT2D eigenvalue weighted by Crippen LogP contribution is 2.24.